The average Bonchev–Trinajstić information content (AvgIpc) is 3.03. The highest BCUT2D eigenvalue weighted by atomic mass is 35.5. The summed E-state index contributed by atoms with van der Waals surface area (Å²) in [6, 6.07) is 13.2. The Labute approximate surface area is 148 Å². The molecule has 0 saturated carbocycles. The number of nitrogens with zero attached hydrogens (tertiary/aromatic N) is 2. The molecule has 3 aromatic rings. The molecule has 0 saturated heterocycles. The molecule has 0 N–H and O–H groups in total. The van der Waals surface area contributed by atoms with E-state index in [2.05, 4.69) is 4.98 Å². The van der Waals surface area contributed by atoms with E-state index in [1.54, 1.807) is 30.3 Å². The summed E-state index contributed by atoms with van der Waals surface area (Å²) >= 11 is 5.81. The minimum atomic E-state index is -3.96. The predicted molar refractivity (Wildman–Crippen MR) is 89.0 cm³/mol. The zero-order valence-corrected chi connectivity index (χ0v) is 14.2. The molecule has 25 heavy (non-hydrogen) atoms. The maximum atomic E-state index is 13.0. The third-order valence-corrected chi connectivity index (χ3v) is 5.15. The first-order valence-corrected chi connectivity index (χ1v) is 9.06. The van der Waals surface area contributed by atoms with Gasteiger partial charge in [-0.15, -0.1) is 0 Å². The van der Waals surface area contributed by atoms with Crippen molar-refractivity contribution in [3.63, 3.8) is 0 Å². The van der Waals surface area contributed by atoms with Crippen LogP contribution in [0.1, 0.15) is 11.3 Å². The Bertz CT molecular complexity index is 1050. The Morgan fingerprint density at radius 3 is 2.36 bits per heavy atom. The highest BCUT2D eigenvalue weighted by Gasteiger charge is 2.27. The molecule has 1 heterocycles. The SMILES string of the molecule is N#Cc1nc(-c2ccc(Cl)cc2)oc1S(=O)(=O)Cc1ccc(F)cc1. The molecular formula is C17H10ClFN2O3S. The Balaban J connectivity index is 1.99. The Kier molecular flexibility index (Phi) is 4.57. The monoisotopic (exact) mass is 376 g/mol. The van der Waals surface area contributed by atoms with Crippen LogP contribution in [0.4, 0.5) is 4.39 Å². The lowest BCUT2D eigenvalue weighted by molar-refractivity contribution is 0.457. The highest BCUT2D eigenvalue weighted by Crippen LogP contribution is 2.28. The molecule has 2 aromatic carbocycles. The van der Waals surface area contributed by atoms with Gasteiger partial charge in [0.15, 0.2) is 5.69 Å². The zero-order chi connectivity index (χ0) is 18.0. The maximum absolute atomic E-state index is 13.0. The van der Waals surface area contributed by atoms with Gasteiger partial charge >= 0.3 is 0 Å². The van der Waals surface area contributed by atoms with Gasteiger partial charge < -0.3 is 4.42 Å². The molecule has 0 unspecified atom stereocenters. The zero-order valence-electron chi connectivity index (χ0n) is 12.6. The van der Waals surface area contributed by atoms with Crippen molar-refractivity contribution in [2.45, 2.75) is 10.8 Å². The van der Waals surface area contributed by atoms with Crippen molar-refractivity contribution < 1.29 is 17.2 Å². The van der Waals surface area contributed by atoms with Crippen molar-refractivity contribution in [2.24, 2.45) is 0 Å². The molecule has 0 aliphatic carbocycles. The van der Waals surface area contributed by atoms with Gasteiger partial charge in [0.25, 0.3) is 5.09 Å². The largest absolute Gasteiger partial charge is 0.423 e. The van der Waals surface area contributed by atoms with E-state index in [1.165, 1.54) is 12.1 Å². The molecular weight excluding hydrogens is 367 g/mol. The second-order valence-corrected chi connectivity index (χ2v) is 7.48. The summed E-state index contributed by atoms with van der Waals surface area (Å²) < 4.78 is 43.4. The van der Waals surface area contributed by atoms with Crippen molar-refractivity contribution in [1.82, 2.24) is 4.98 Å². The van der Waals surface area contributed by atoms with Gasteiger partial charge in [0.1, 0.15) is 11.9 Å². The Morgan fingerprint density at radius 1 is 1.12 bits per heavy atom. The fourth-order valence-electron chi connectivity index (χ4n) is 2.17. The maximum Gasteiger partial charge on any atom is 0.257 e. The van der Waals surface area contributed by atoms with Crippen LogP contribution < -0.4 is 0 Å². The molecule has 0 aliphatic rings. The van der Waals surface area contributed by atoms with Crippen molar-refractivity contribution in [3.8, 4) is 17.5 Å². The smallest absolute Gasteiger partial charge is 0.257 e. The van der Waals surface area contributed by atoms with Gasteiger partial charge in [-0.05, 0) is 42.0 Å². The summed E-state index contributed by atoms with van der Waals surface area (Å²) in [6.45, 7) is 0. The number of hydrogen-bond donors (Lipinski definition) is 0. The molecule has 3 rings (SSSR count). The molecule has 0 atom stereocenters. The lowest BCUT2D eigenvalue weighted by Gasteiger charge is -2.02. The number of rotatable bonds is 4. The van der Waals surface area contributed by atoms with E-state index in [0.29, 0.717) is 16.1 Å². The topological polar surface area (TPSA) is 84.0 Å². The fraction of sp³-hybridized carbons (Fsp3) is 0.0588. The third-order valence-electron chi connectivity index (χ3n) is 3.35. The van der Waals surface area contributed by atoms with Crippen LogP contribution in [0.15, 0.2) is 58.0 Å². The van der Waals surface area contributed by atoms with Gasteiger partial charge in [0.05, 0.1) is 5.75 Å². The third kappa shape index (κ3) is 3.71. The second kappa shape index (κ2) is 6.67. The number of benzene rings is 2. The number of sulfone groups is 1. The van der Waals surface area contributed by atoms with Crippen molar-refractivity contribution in [2.75, 3.05) is 0 Å². The summed E-state index contributed by atoms with van der Waals surface area (Å²) in [5.41, 5.74) is 0.533. The molecule has 0 aliphatic heterocycles. The lowest BCUT2D eigenvalue weighted by atomic mass is 10.2. The molecule has 0 bridgehead atoms. The number of nitriles is 1. The highest BCUT2D eigenvalue weighted by molar-refractivity contribution is 7.90. The van der Waals surface area contributed by atoms with E-state index in [-0.39, 0.29) is 11.6 Å². The van der Waals surface area contributed by atoms with E-state index in [4.69, 9.17) is 16.0 Å². The summed E-state index contributed by atoms with van der Waals surface area (Å²) in [6.07, 6.45) is 0. The van der Waals surface area contributed by atoms with Gasteiger partial charge in [-0.2, -0.15) is 10.2 Å². The van der Waals surface area contributed by atoms with E-state index >= 15 is 0 Å². The van der Waals surface area contributed by atoms with Crippen LogP contribution in [-0.2, 0) is 15.6 Å². The average molecular weight is 377 g/mol. The predicted octanol–water partition coefficient (Wildman–Crippen LogP) is 3.98. The van der Waals surface area contributed by atoms with Crippen LogP contribution in [0, 0.1) is 17.1 Å². The van der Waals surface area contributed by atoms with E-state index in [1.807, 2.05) is 0 Å². The van der Waals surface area contributed by atoms with Gasteiger partial charge in [-0.1, -0.05) is 23.7 Å². The molecule has 126 valence electrons. The first kappa shape index (κ1) is 17.1. The molecule has 5 nitrogen and oxygen atoms in total. The lowest BCUT2D eigenvalue weighted by Crippen LogP contribution is -2.05. The standard InChI is InChI=1S/C17H10ClFN2O3S/c18-13-5-3-12(4-6-13)16-21-15(9-20)17(24-16)25(22,23)10-11-1-7-14(19)8-2-11/h1-8H,10H2. The minimum absolute atomic E-state index is 0.00546. The van der Waals surface area contributed by atoms with Crippen LogP contribution in [0.5, 0.6) is 0 Å². The van der Waals surface area contributed by atoms with Crippen LogP contribution >= 0.6 is 11.6 Å². The van der Waals surface area contributed by atoms with Crippen LogP contribution in [0.3, 0.4) is 0 Å². The Morgan fingerprint density at radius 2 is 1.76 bits per heavy atom. The van der Waals surface area contributed by atoms with Gasteiger partial charge in [0, 0.05) is 10.6 Å². The minimum Gasteiger partial charge on any atom is -0.423 e. The second-order valence-electron chi connectivity index (χ2n) is 5.16. The summed E-state index contributed by atoms with van der Waals surface area (Å²) in [5, 5.41) is 9.17. The van der Waals surface area contributed by atoms with Crippen molar-refractivity contribution in [1.29, 1.82) is 5.26 Å². The van der Waals surface area contributed by atoms with Crippen molar-refractivity contribution >= 4 is 21.4 Å². The fourth-order valence-corrected chi connectivity index (χ4v) is 3.65. The van der Waals surface area contributed by atoms with Gasteiger partial charge in [-0.3, -0.25) is 0 Å². The summed E-state index contributed by atoms with van der Waals surface area (Å²) in [4.78, 5) is 3.94. The van der Waals surface area contributed by atoms with Crippen molar-refractivity contribution in [3.05, 3.63) is 70.6 Å². The normalized spacial score (nSPS) is 11.2. The molecule has 1 aromatic heterocycles. The Hall–Kier alpha value is -2.69. The molecule has 0 spiro atoms. The number of aromatic nitrogens is 1. The molecule has 0 radical (unpaired) electrons. The van der Waals surface area contributed by atoms with Crippen LogP contribution in [0.2, 0.25) is 5.02 Å². The first-order valence-electron chi connectivity index (χ1n) is 7.03. The van der Waals surface area contributed by atoms with E-state index in [9.17, 15) is 18.1 Å². The summed E-state index contributed by atoms with van der Waals surface area (Å²) in [7, 11) is -3.96. The van der Waals surface area contributed by atoms with Crippen LogP contribution in [0.25, 0.3) is 11.5 Å². The number of halogens is 2. The van der Waals surface area contributed by atoms with Gasteiger partial charge in [0.2, 0.25) is 15.7 Å². The van der Waals surface area contributed by atoms with Crippen LogP contribution in [-0.4, -0.2) is 13.4 Å². The molecule has 0 fully saturated rings. The van der Waals surface area contributed by atoms with E-state index < -0.39 is 26.5 Å². The number of oxazole rings is 1. The quantitative estimate of drug-likeness (QED) is 0.687. The first-order chi connectivity index (χ1) is 11.9. The molecule has 0 amide bonds. The number of hydrogen-bond acceptors (Lipinski definition) is 5. The van der Waals surface area contributed by atoms with Gasteiger partial charge in [-0.25, -0.2) is 12.8 Å². The van der Waals surface area contributed by atoms with E-state index in [0.717, 1.165) is 12.1 Å². The summed E-state index contributed by atoms with van der Waals surface area (Å²) in [5.74, 6) is -0.897. The molecule has 8 heteroatoms.